The van der Waals surface area contributed by atoms with Crippen LogP contribution in [-0.2, 0) is 0 Å². The topological polar surface area (TPSA) is 90.9 Å². The van der Waals surface area contributed by atoms with Crippen LogP contribution in [0, 0.1) is 0 Å². The molecule has 0 aromatic carbocycles. The Bertz CT molecular complexity index is 277. The molecule has 1 heterocycles. The van der Waals surface area contributed by atoms with Gasteiger partial charge in [0.15, 0.2) is 0 Å². The van der Waals surface area contributed by atoms with E-state index in [-0.39, 0.29) is 17.2 Å². The van der Waals surface area contributed by atoms with Crippen LogP contribution < -0.4 is 17.2 Å². The molecule has 0 radical (unpaired) electrons. The van der Waals surface area contributed by atoms with Crippen LogP contribution in [0.25, 0.3) is 0 Å². The van der Waals surface area contributed by atoms with Crippen molar-refractivity contribution in [3.63, 3.8) is 0 Å². The minimum atomic E-state index is -2.69. The van der Waals surface area contributed by atoms with E-state index >= 15 is 0 Å². The van der Waals surface area contributed by atoms with Gasteiger partial charge in [-0.15, -0.1) is 0 Å². The predicted molar refractivity (Wildman–Crippen MR) is 42.4 cm³/mol. The van der Waals surface area contributed by atoms with Gasteiger partial charge in [0.1, 0.15) is 11.5 Å². The van der Waals surface area contributed by atoms with Gasteiger partial charge in [0.05, 0.1) is 11.4 Å². The van der Waals surface area contributed by atoms with Gasteiger partial charge in [-0.3, -0.25) is 0 Å². The summed E-state index contributed by atoms with van der Waals surface area (Å²) < 4.78 is 24.1. The summed E-state index contributed by atoms with van der Waals surface area (Å²) in [4.78, 5) is 3.36. The molecule has 0 amide bonds. The average Bonchev–Trinajstić information content (AvgIpc) is 1.99. The number of halogens is 2. The van der Waals surface area contributed by atoms with Crippen molar-refractivity contribution >= 4 is 17.2 Å². The molecule has 1 rings (SSSR count). The standard InChI is InChI=1S/C6H8F2N4/c7-5(8)3-1-2(9)4(10)6(11)12-3/h1,5H,10H2,(H4,9,11,12). The van der Waals surface area contributed by atoms with E-state index in [1.54, 1.807) is 0 Å². The fourth-order valence-corrected chi connectivity index (χ4v) is 0.728. The predicted octanol–water partition coefficient (Wildman–Crippen LogP) is 0.766. The quantitative estimate of drug-likeness (QED) is 0.586. The molecule has 0 saturated heterocycles. The molecular formula is C6H8F2N4. The summed E-state index contributed by atoms with van der Waals surface area (Å²) >= 11 is 0. The van der Waals surface area contributed by atoms with Gasteiger partial charge in [-0.25, -0.2) is 13.8 Å². The van der Waals surface area contributed by atoms with Crippen LogP contribution in [0.15, 0.2) is 6.07 Å². The van der Waals surface area contributed by atoms with Crippen molar-refractivity contribution in [3.8, 4) is 0 Å². The van der Waals surface area contributed by atoms with Gasteiger partial charge in [-0.2, -0.15) is 0 Å². The summed E-state index contributed by atoms with van der Waals surface area (Å²) in [6.45, 7) is 0. The molecule has 6 heteroatoms. The Morgan fingerprint density at radius 1 is 1.25 bits per heavy atom. The first-order valence-corrected chi connectivity index (χ1v) is 3.12. The van der Waals surface area contributed by atoms with E-state index in [9.17, 15) is 8.78 Å². The Balaban J connectivity index is 3.21. The first-order chi connectivity index (χ1) is 5.52. The van der Waals surface area contributed by atoms with E-state index in [0.29, 0.717) is 0 Å². The number of aromatic nitrogens is 1. The molecule has 0 aliphatic heterocycles. The van der Waals surface area contributed by atoms with E-state index in [1.807, 2.05) is 0 Å². The monoisotopic (exact) mass is 174 g/mol. The van der Waals surface area contributed by atoms with Gasteiger partial charge in [0.2, 0.25) is 0 Å². The summed E-state index contributed by atoms with van der Waals surface area (Å²) in [5.74, 6) is -0.162. The lowest BCUT2D eigenvalue weighted by Gasteiger charge is -2.05. The normalized spacial score (nSPS) is 10.6. The lowest BCUT2D eigenvalue weighted by molar-refractivity contribution is 0.146. The Kier molecular flexibility index (Phi) is 1.99. The third-order valence-corrected chi connectivity index (χ3v) is 1.36. The van der Waals surface area contributed by atoms with E-state index in [1.165, 1.54) is 0 Å². The highest BCUT2D eigenvalue weighted by atomic mass is 19.3. The summed E-state index contributed by atoms with van der Waals surface area (Å²) in [7, 11) is 0. The zero-order valence-corrected chi connectivity index (χ0v) is 6.09. The maximum absolute atomic E-state index is 12.0. The molecule has 1 aromatic rings. The van der Waals surface area contributed by atoms with Crippen molar-refractivity contribution in [1.82, 2.24) is 4.98 Å². The van der Waals surface area contributed by atoms with Gasteiger partial charge in [0, 0.05) is 0 Å². The molecule has 0 aliphatic carbocycles. The Morgan fingerprint density at radius 3 is 2.25 bits per heavy atom. The average molecular weight is 174 g/mol. The Hall–Kier alpha value is -1.59. The second kappa shape index (κ2) is 2.80. The highest BCUT2D eigenvalue weighted by Crippen LogP contribution is 2.26. The van der Waals surface area contributed by atoms with E-state index in [0.717, 1.165) is 6.07 Å². The molecule has 0 bridgehead atoms. The van der Waals surface area contributed by atoms with Crippen molar-refractivity contribution in [2.24, 2.45) is 0 Å². The molecule has 0 unspecified atom stereocenters. The van der Waals surface area contributed by atoms with E-state index in [2.05, 4.69) is 4.98 Å². The largest absolute Gasteiger partial charge is 0.397 e. The molecule has 6 N–H and O–H groups in total. The number of alkyl halides is 2. The zero-order valence-electron chi connectivity index (χ0n) is 6.09. The molecule has 0 aliphatic rings. The van der Waals surface area contributed by atoms with Gasteiger partial charge >= 0.3 is 0 Å². The van der Waals surface area contributed by atoms with Crippen molar-refractivity contribution in [2.75, 3.05) is 17.2 Å². The number of nitrogen functional groups attached to an aromatic ring is 3. The maximum Gasteiger partial charge on any atom is 0.280 e. The first kappa shape index (κ1) is 8.51. The van der Waals surface area contributed by atoms with Crippen molar-refractivity contribution in [3.05, 3.63) is 11.8 Å². The molecule has 12 heavy (non-hydrogen) atoms. The third kappa shape index (κ3) is 1.36. The molecule has 0 saturated carbocycles. The number of hydrogen-bond acceptors (Lipinski definition) is 4. The fraction of sp³-hybridized carbons (Fsp3) is 0.167. The molecule has 1 aromatic heterocycles. The number of rotatable bonds is 1. The SMILES string of the molecule is Nc1cc(C(F)F)nc(N)c1N. The number of hydrogen-bond donors (Lipinski definition) is 3. The lowest BCUT2D eigenvalue weighted by Crippen LogP contribution is -2.05. The van der Waals surface area contributed by atoms with E-state index in [4.69, 9.17) is 17.2 Å². The van der Waals surface area contributed by atoms with Crippen molar-refractivity contribution < 1.29 is 8.78 Å². The van der Waals surface area contributed by atoms with Crippen molar-refractivity contribution in [2.45, 2.75) is 6.43 Å². The zero-order chi connectivity index (χ0) is 9.30. The number of nitrogens with zero attached hydrogens (tertiary/aromatic N) is 1. The molecule has 0 atom stereocenters. The van der Waals surface area contributed by atoms with Crippen LogP contribution in [0.2, 0.25) is 0 Å². The summed E-state index contributed by atoms with van der Waals surface area (Å²) in [5, 5.41) is 0. The minimum Gasteiger partial charge on any atom is -0.397 e. The highest BCUT2D eigenvalue weighted by Gasteiger charge is 2.12. The molecule has 4 nitrogen and oxygen atoms in total. The van der Waals surface area contributed by atoms with Crippen molar-refractivity contribution in [1.29, 1.82) is 0 Å². The fourth-order valence-electron chi connectivity index (χ4n) is 0.728. The second-order valence-electron chi connectivity index (χ2n) is 2.24. The van der Waals surface area contributed by atoms with Crippen LogP contribution in [-0.4, -0.2) is 4.98 Å². The molecule has 0 spiro atoms. The summed E-state index contributed by atoms with van der Waals surface area (Å²) in [6, 6.07) is 1.01. The maximum atomic E-state index is 12.0. The molecule has 66 valence electrons. The van der Waals surface area contributed by atoms with Crippen LogP contribution in [0.1, 0.15) is 12.1 Å². The van der Waals surface area contributed by atoms with Gasteiger partial charge in [0.25, 0.3) is 6.43 Å². The van der Waals surface area contributed by atoms with E-state index < -0.39 is 12.1 Å². The number of pyridine rings is 1. The molecular weight excluding hydrogens is 166 g/mol. The molecule has 0 fully saturated rings. The number of nitrogens with two attached hydrogens (primary N) is 3. The smallest absolute Gasteiger partial charge is 0.280 e. The first-order valence-electron chi connectivity index (χ1n) is 3.12. The van der Waals surface area contributed by atoms with Crippen LogP contribution in [0.4, 0.5) is 26.0 Å². The van der Waals surface area contributed by atoms with Crippen LogP contribution in [0.3, 0.4) is 0 Å². The van der Waals surface area contributed by atoms with Crippen LogP contribution in [0.5, 0.6) is 0 Å². The van der Waals surface area contributed by atoms with Gasteiger partial charge in [-0.1, -0.05) is 0 Å². The summed E-state index contributed by atoms with van der Waals surface area (Å²) in [6.07, 6.45) is -2.69. The second-order valence-corrected chi connectivity index (χ2v) is 2.24. The van der Waals surface area contributed by atoms with Gasteiger partial charge < -0.3 is 17.2 Å². The van der Waals surface area contributed by atoms with Gasteiger partial charge in [-0.05, 0) is 6.07 Å². The highest BCUT2D eigenvalue weighted by molar-refractivity contribution is 5.74. The summed E-state index contributed by atoms with van der Waals surface area (Å²) in [5.41, 5.74) is 15.4. The Morgan fingerprint density at radius 2 is 1.83 bits per heavy atom. The lowest BCUT2D eigenvalue weighted by atomic mass is 10.3. The minimum absolute atomic E-state index is 0.0257. The van der Waals surface area contributed by atoms with Crippen LogP contribution >= 0.6 is 0 Å². The Labute approximate surface area is 67.4 Å². The third-order valence-electron chi connectivity index (χ3n) is 1.36. The number of anilines is 3.